The number of hydrogen-bond acceptors (Lipinski definition) is 0. The molecular weight excluding hydrogens is 264 g/mol. The molecule has 0 aromatic rings. The number of rotatable bonds is 16. The summed E-state index contributed by atoms with van der Waals surface area (Å²) in [5, 5.41) is 0. The Hall–Kier alpha value is -0.780. The molecule has 22 heavy (non-hydrogen) atoms. The first kappa shape index (κ1) is 21.2. The lowest BCUT2D eigenvalue weighted by Crippen LogP contribution is -1.81. The van der Waals surface area contributed by atoms with Crippen LogP contribution in [0.5, 0.6) is 0 Å². The predicted octanol–water partition coefficient (Wildman–Crippen LogP) is 8.16. The molecule has 0 fully saturated rings. The maximum Gasteiger partial charge on any atom is -0.0169 e. The molecule has 128 valence electrons. The van der Waals surface area contributed by atoms with Gasteiger partial charge in [-0.2, -0.15) is 0 Å². The molecule has 0 aliphatic rings. The molecule has 0 spiro atoms. The highest BCUT2D eigenvalue weighted by atomic mass is 14.0. The molecule has 0 aliphatic carbocycles. The Kier molecular flexibility index (Phi) is 19.5. The van der Waals surface area contributed by atoms with Crippen molar-refractivity contribution in [3.05, 3.63) is 36.5 Å². The van der Waals surface area contributed by atoms with E-state index in [0.29, 0.717) is 0 Å². The lowest BCUT2D eigenvalue weighted by atomic mass is 10.1. The van der Waals surface area contributed by atoms with E-state index in [0.717, 1.165) is 19.3 Å². The Morgan fingerprint density at radius 2 is 0.909 bits per heavy atom. The molecule has 0 aliphatic heterocycles. The van der Waals surface area contributed by atoms with Crippen molar-refractivity contribution in [1.82, 2.24) is 0 Å². The van der Waals surface area contributed by atoms with Gasteiger partial charge in [-0.15, -0.1) is 0 Å². The van der Waals surface area contributed by atoms with Crippen LogP contribution in [0.4, 0.5) is 0 Å². The van der Waals surface area contributed by atoms with Crippen molar-refractivity contribution in [2.24, 2.45) is 0 Å². The molecule has 0 nitrogen and oxygen atoms in total. The molecular formula is C22H40. The summed E-state index contributed by atoms with van der Waals surface area (Å²) in [6.07, 6.45) is 32.5. The third kappa shape index (κ3) is 19.2. The summed E-state index contributed by atoms with van der Waals surface area (Å²) < 4.78 is 0. The summed E-state index contributed by atoms with van der Waals surface area (Å²) in [6.45, 7) is 4.46. The lowest BCUT2D eigenvalue weighted by molar-refractivity contribution is 0.557. The van der Waals surface area contributed by atoms with E-state index < -0.39 is 0 Å². The summed E-state index contributed by atoms with van der Waals surface area (Å²) >= 11 is 0. The molecule has 0 unspecified atom stereocenters. The molecule has 0 aromatic heterocycles. The van der Waals surface area contributed by atoms with Crippen LogP contribution in [0.25, 0.3) is 0 Å². The van der Waals surface area contributed by atoms with Crippen LogP contribution in [0.1, 0.15) is 104 Å². The molecule has 0 heterocycles. The van der Waals surface area contributed by atoms with Gasteiger partial charge in [-0.05, 0) is 32.1 Å². The van der Waals surface area contributed by atoms with E-state index in [1.807, 2.05) is 0 Å². The third-order valence-electron chi connectivity index (χ3n) is 4.00. The molecule has 0 heteroatoms. The molecule has 0 bridgehead atoms. The van der Waals surface area contributed by atoms with E-state index in [2.05, 4.69) is 50.3 Å². The minimum atomic E-state index is 1.08. The van der Waals surface area contributed by atoms with Crippen LogP contribution in [-0.4, -0.2) is 0 Å². The van der Waals surface area contributed by atoms with Crippen molar-refractivity contribution in [2.75, 3.05) is 0 Å². The van der Waals surface area contributed by atoms with Gasteiger partial charge in [0.25, 0.3) is 0 Å². The highest BCUT2D eigenvalue weighted by Crippen LogP contribution is 2.11. The average molecular weight is 305 g/mol. The zero-order chi connectivity index (χ0) is 16.1. The molecule has 0 aromatic carbocycles. The van der Waals surface area contributed by atoms with Crippen molar-refractivity contribution in [1.29, 1.82) is 0 Å². The molecule has 0 rings (SSSR count). The first-order valence-electron chi connectivity index (χ1n) is 9.86. The zero-order valence-corrected chi connectivity index (χ0v) is 15.4. The Morgan fingerprint density at radius 3 is 1.45 bits per heavy atom. The fourth-order valence-corrected chi connectivity index (χ4v) is 2.58. The SMILES string of the molecule is CC/C=C/C/C=C/C/C=C/CCCCCCCCCCCC. The van der Waals surface area contributed by atoms with E-state index in [-0.39, 0.29) is 0 Å². The topological polar surface area (TPSA) is 0 Å². The van der Waals surface area contributed by atoms with Gasteiger partial charge in [0.05, 0.1) is 0 Å². The second kappa shape index (κ2) is 20.2. The van der Waals surface area contributed by atoms with Crippen LogP contribution in [0.15, 0.2) is 36.5 Å². The van der Waals surface area contributed by atoms with Crippen molar-refractivity contribution in [3.63, 3.8) is 0 Å². The molecule has 0 saturated carbocycles. The summed E-state index contributed by atoms with van der Waals surface area (Å²) in [7, 11) is 0. The quantitative estimate of drug-likeness (QED) is 0.199. The normalized spacial score (nSPS) is 12.3. The Bertz CT molecular complexity index is 270. The fraction of sp³-hybridized carbons (Fsp3) is 0.727. The molecule has 0 N–H and O–H groups in total. The third-order valence-corrected chi connectivity index (χ3v) is 4.00. The van der Waals surface area contributed by atoms with Crippen molar-refractivity contribution < 1.29 is 0 Å². The van der Waals surface area contributed by atoms with E-state index in [4.69, 9.17) is 0 Å². The maximum absolute atomic E-state index is 2.36. The smallest absolute Gasteiger partial charge is 0.0169 e. The molecule has 0 amide bonds. The van der Waals surface area contributed by atoms with Gasteiger partial charge in [0.1, 0.15) is 0 Å². The second-order valence-electron chi connectivity index (χ2n) is 6.26. The van der Waals surface area contributed by atoms with Crippen molar-refractivity contribution >= 4 is 0 Å². The molecule has 0 atom stereocenters. The lowest BCUT2D eigenvalue weighted by Gasteiger charge is -2.01. The molecule has 0 saturated heterocycles. The van der Waals surface area contributed by atoms with Crippen molar-refractivity contribution in [2.45, 2.75) is 104 Å². The Balaban J connectivity index is 3.15. The van der Waals surface area contributed by atoms with Gasteiger partial charge < -0.3 is 0 Å². The fourth-order valence-electron chi connectivity index (χ4n) is 2.58. The largest absolute Gasteiger partial charge is 0.0885 e. The summed E-state index contributed by atoms with van der Waals surface area (Å²) in [6, 6.07) is 0. The van der Waals surface area contributed by atoms with E-state index in [1.165, 1.54) is 70.6 Å². The highest BCUT2D eigenvalue weighted by molar-refractivity contribution is 4.96. The maximum atomic E-state index is 2.36. The van der Waals surface area contributed by atoms with Crippen LogP contribution in [-0.2, 0) is 0 Å². The van der Waals surface area contributed by atoms with Gasteiger partial charge >= 0.3 is 0 Å². The van der Waals surface area contributed by atoms with E-state index in [1.54, 1.807) is 0 Å². The van der Waals surface area contributed by atoms with Gasteiger partial charge in [-0.1, -0.05) is 108 Å². The summed E-state index contributed by atoms with van der Waals surface area (Å²) in [5.41, 5.74) is 0. The van der Waals surface area contributed by atoms with Crippen LogP contribution in [0, 0.1) is 0 Å². The Labute approximate surface area is 140 Å². The van der Waals surface area contributed by atoms with E-state index in [9.17, 15) is 0 Å². The Morgan fingerprint density at radius 1 is 0.455 bits per heavy atom. The first-order valence-corrected chi connectivity index (χ1v) is 9.86. The monoisotopic (exact) mass is 304 g/mol. The number of unbranched alkanes of at least 4 members (excludes halogenated alkanes) is 10. The second-order valence-corrected chi connectivity index (χ2v) is 6.26. The molecule has 0 radical (unpaired) electrons. The summed E-state index contributed by atoms with van der Waals surface area (Å²) in [5.74, 6) is 0. The first-order chi connectivity index (χ1) is 10.9. The summed E-state index contributed by atoms with van der Waals surface area (Å²) in [4.78, 5) is 0. The van der Waals surface area contributed by atoms with Gasteiger partial charge in [-0.25, -0.2) is 0 Å². The van der Waals surface area contributed by atoms with Crippen LogP contribution < -0.4 is 0 Å². The van der Waals surface area contributed by atoms with Crippen molar-refractivity contribution in [3.8, 4) is 0 Å². The van der Waals surface area contributed by atoms with Crippen LogP contribution in [0.3, 0.4) is 0 Å². The van der Waals surface area contributed by atoms with Gasteiger partial charge in [0, 0.05) is 0 Å². The van der Waals surface area contributed by atoms with Crippen LogP contribution >= 0.6 is 0 Å². The van der Waals surface area contributed by atoms with Gasteiger partial charge in [0.2, 0.25) is 0 Å². The standard InChI is InChI=1S/C22H40/c1-3-5-7-9-11-13-15-17-19-21-22-20-18-16-14-12-10-8-6-4-2/h5,7,11,13,17,19H,3-4,6,8-10,12,14-16,18,20-22H2,1-2H3/b7-5+,13-11+,19-17+. The van der Waals surface area contributed by atoms with Crippen LogP contribution in [0.2, 0.25) is 0 Å². The minimum Gasteiger partial charge on any atom is -0.0885 e. The average Bonchev–Trinajstić information content (AvgIpc) is 2.54. The number of hydrogen-bond donors (Lipinski definition) is 0. The minimum absolute atomic E-state index is 1.08. The zero-order valence-electron chi connectivity index (χ0n) is 15.4. The predicted molar refractivity (Wildman–Crippen MR) is 103 cm³/mol. The highest BCUT2D eigenvalue weighted by Gasteiger charge is 1.91. The van der Waals surface area contributed by atoms with Gasteiger partial charge in [-0.3, -0.25) is 0 Å². The van der Waals surface area contributed by atoms with Gasteiger partial charge in [0.15, 0.2) is 0 Å². The number of allylic oxidation sites excluding steroid dienone is 6. The van der Waals surface area contributed by atoms with E-state index >= 15 is 0 Å².